The maximum atomic E-state index is 12.4. The van der Waals surface area contributed by atoms with Gasteiger partial charge >= 0.3 is 0 Å². The smallest absolute Gasteiger partial charge is 0.239 e. The lowest BCUT2D eigenvalue weighted by Gasteiger charge is -2.20. The van der Waals surface area contributed by atoms with Crippen LogP contribution in [0.15, 0.2) is 60.7 Å². The van der Waals surface area contributed by atoms with Gasteiger partial charge < -0.3 is 16.0 Å². The minimum absolute atomic E-state index is 0.0286. The first-order chi connectivity index (χ1) is 15.0. The average molecular weight is 415 g/mol. The molecule has 0 radical (unpaired) electrons. The van der Waals surface area contributed by atoms with E-state index in [0.717, 1.165) is 33.2 Å². The molecule has 0 bridgehead atoms. The van der Waals surface area contributed by atoms with Crippen molar-refractivity contribution in [3.8, 4) is 0 Å². The molecule has 158 valence electrons. The number of carbonyl (C=O) groups is 3. The highest BCUT2D eigenvalue weighted by Crippen LogP contribution is 2.26. The molecule has 0 saturated heterocycles. The summed E-state index contributed by atoms with van der Waals surface area (Å²) in [5.41, 5.74) is 3.80. The number of carbonyl (C=O) groups excluding carboxylic acids is 3. The molecule has 1 heterocycles. The Morgan fingerprint density at radius 1 is 1.00 bits per heavy atom. The topological polar surface area (TPSA) is 87.3 Å². The van der Waals surface area contributed by atoms with Gasteiger partial charge in [0, 0.05) is 12.1 Å². The molecule has 3 aromatic carbocycles. The molecule has 1 atom stereocenters. The third-order valence-electron chi connectivity index (χ3n) is 5.58. The van der Waals surface area contributed by atoms with Crippen LogP contribution in [-0.2, 0) is 27.2 Å². The fraction of sp³-hybridized carbons (Fsp3) is 0.240. The van der Waals surface area contributed by atoms with Crippen LogP contribution in [0.25, 0.3) is 10.8 Å². The lowest BCUT2D eigenvalue weighted by Crippen LogP contribution is -2.38. The van der Waals surface area contributed by atoms with Gasteiger partial charge in [0.1, 0.15) is 0 Å². The van der Waals surface area contributed by atoms with E-state index in [1.165, 1.54) is 0 Å². The van der Waals surface area contributed by atoms with Crippen LogP contribution in [0, 0.1) is 0 Å². The van der Waals surface area contributed by atoms with E-state index in [0.29, 0.717) is 12.8 Å². The number of rotatable bonds is 6. The Morgan fingerprint density at radius 3 is 2.68 bits per heavy atom. The van der Waals surface area contributed by atoms with Gasteiger partial charge in [-0.1, -0.05) is 54.6 Å². The van der Waals surface area contributed by atoms with Crippen molar-refractivity contribution >= 4 is 34.2 Å². The molecule has 0 aromatic heterocycles. The summed E-state index contributed by atoms with van der Waals surface area (Å²) in [5.74, 6) is -0.408. The summed E-state index contributed by atoms with van der Waals surface area (Å²) in [4.78, 5) is 36.2. The molecule has 1 aliphatic rings. The maximum absolute atomic E-state index is 12.4. The Bertz CT molecular complexity index is 1150. The van der Waals surface area contributed by atoms with Crippen molar-refractivity contribution in [1.82, 2.24) is 10.6 Å². The molecule has 3 N–H and O–H groups in total. The first-order valence-electron chi connectivity index (χ1n) is 10.4. The molecule has 0 saturated carbocycles. The van der Waals surface area contributed by atoms with Crippen molar-refractivity contribution in [2.45, 2.75) is 32.2 Å². The number of hydrogen-bond acceptors (Lipinski definition) is 3. The second-order valence-electron chi connectivity index (χ2n) is 7.85. The van der Waals surface area contributed by atoms with E-state index in [9.17, 15) is 14.4 Å². The second-order valence-corrected chi connectivity index (χ2v) is 7.85. The van der Waals surface area contributed by atoms with Gasteiger partial charge in [-0.2, -0.15) is 0 Å². The summed E-state index contributed by atoms with van der Waals surface area (Å²) in [6.07, 6.45) is 1.39. The molecule has 31 heavy (non-hydrogen) atoms. The van der Waals surface area contributed by atoms with E-state index in [1.807, 2.05) is 67.6 Å². The van der Waals surface area contributed by atoms with Gasteiger partial charge in [0.15, 0.2) is 0 Å². The van der Waals surface area contributed by atoms with Crippen LogP contribution < -0.4 is 16.0 Å². The molecule has 0 aliphatic carbocycles. The van der Waals surface area contributed by atoms with E-state index >= 15 is 0 Å². The first-order valence-corrected chi connectivity index (χ1v) is 10.4. The number of aryl methyl sites for hydroxylation is 1. The number of fused-ring (bicyclic) bond motifs is 2. The molecule has 0 spiro atoms. The maximum Gasteiger partial charge on any atom is 0.239 e. The predicted octanol–water partition coefficient (Wildman–Crippen LogP) is 3.26. The molecule has 3 amide bonds. The summed E-state index contributed by atoms with van der Waals surface area (Å²) >= 11 is 0. The molecular weight excluding hydrogens is 390 g/mol. The molecular formula is C25H25N3O3. The van der Waals surface area contributed by atoms with Crippen LogP contribution in [0.4, 0.5) is 5.69 Å². The largest absolute Gasteiger partial charge is 0.348 e. The zero-order valence-corrected chi connectivity index (χ0v) is 17.4. The highest BCUT2D eigenvalue weighted by atomic mass is 16.2. The fourth-order valence-corrected chi connectivity index (χ4v) is 3.91. The van der Waals surface area contributed by atoms with Crippen LogP contribution in [0.3, 0.4) is 0 Å². The Kier molecular flexibility index (Phi) is 5.98. The zero-order valence-electron chi connectivity index (χ0n) is 17.4. The van der Waals surface area contributed by atoms with Gasteiger partial charge in [0.05, 0.1) is 19.0 Å². The van der Waals surface area contributed by atoms with Gasteiger partial charge in [-0.3, -0.25) is 14.4 Å². The molecule has 1 aliphatic heterocycles. The average Bonchev–Trinajstić information content (AvgIpc) is 2.77. The lowest BCUT2D eigenvalue weighted by molar-refractivity contribution is -0.126. The Balaban J connectivity index is 1.30. The van der Waals surface area contributed by atoms with Crippen molar-refractivity contribution in [3.05, 3.63) is 77.4 Å². The minimum Gasteiger partial charge on any atom is -0.348 e. The molecule has 1 unspecified atom stereocenters. The molecule has 0 fully saturated rings. The Hall–Kier alpha value is -3.67. The lowest BCUT2D eigenvalue weighted by atomic mass is 9.98. The van der Waals surface area contributed by atoms with Gasteiger partial charge in [-0.25, -0.2) is 0 Å². The van der Waals surface area contributed by atoms with Crippen molar-refractivity contribution in [1.29, 1.82) is 0 Å². The predicted molar refractivity (Wildman–Crippen MR) is 121 cm³/mol. The summed E-state index contributed by atoms with van der Waals surface area (Å²) in [5, 5.41) is 10.6. The quantitative estimate of drug-likeness (QED) is 0.578. The summed E-state index contributed by atoms with van der Waals surface area (Å²) < 4.78 is 0. The van der Waals surface area contributed by atoms with Crippen LogP contribution >= 0.6 is 0 Å². The summed E-state index contributed by atoms with van der Waals surface area (Å²) in [7, 11) is 0. The van der Waals surface area contributed by atoms with Crippen LogP contribution in [0.1, 0.15) is 36.1 Å². The third-order valence-corrected chi connectivity index (χ3v) is 5.58. The van der Waals surface area contributed by atoms with Crippen LogP contribution in [0.5, 0.6) is 0 Å². The summed E-state index contributed by atoms with van der Waals surface area (Å²) in [6, 6.07) is 19.4. The van der Waals surface area contributed by atoms with E-state index < -0.39 is 0 Å². The highest BCUT2D eigenvalue weighted by molar-refractivity contribution is 5.94. The van der Waals surface area contributed by atoms with E-state index in [-0.39, 0.29) is 36.7 Å². The number of nitrogens with one attached hydrogen (secondary N) is 3. The van der Waals surface area contributed by atoms with Gasteiger partial charge in [0.25, 0.3) is 0 Å². The monoisotopic (exact) mass is 415 g/mol. The standard InChI is InChI=1S/C25H25N3O3/c1-16(18-9-11-22-20(13-18)10-12-23(29)28-22)27-25(31)15-26-24(30)14-19-7-4-6-17-5-2-3-8-21(17)19/h2-9,11,13,16H,10,12,14-15H2,1H3,(H,26,30)(H,27,31)(H,28,29). The number of anilines is 1. The Labute approximate surface area is 181 Å². The van der Waals surface area contributed by atoms with Crippen LogP contribution in [0.2, 0.25) is 0 Å². The van der Waals surface area contributed by atoms with E-state index in [4.69, 9.17) is 0 Å². The number of hydrogen-bond donors (Lipinski definition) is 3. The van der Waals surface area contributed by atoms with Gasteiger partial charge in [-0.15, -0.1) is 0 Å². The van der Waals surface area contributed by atoms with E-state index in [2.05, 4.69) is 16.0 Å². The zero-order chi connectivity index (χ0) is 21.8. The van der Waals surface area contributed by atoms with Crippen molar-refractivity contribution in [2.75, 3.05) is 11.9 Å². The number of amides is 3. The first kappa shape index (κ1) is 20.6. The molecule has 4 rings (SSSR count). The van der Waals surface area contributed by atoms with Crippen molar-refractivity contribution < 1.29 is 14.4 Å². The number of benzene rings is 3. The molecule has 3 aromatic rings. The SMILES string of the molecule is CC(NC(=O)CNC(=O)Cc1cccc2ccccc12)c1ccc2c(c1)CCC(=O)N2. The second kappa shape index (κ2) is 9.00. The fourth-order valence-electron chi connectivity index (χ4n) is 3.91. The molecule has 6 nitrogen and oxygen atoms in total. The molecule has 6 heteroatoms. The van der Waals surface area contributed by atoms with Crippen molar-refractivity contribution in [3.63, 3.8) is 0 Å². The van der Waals surface area contributed by atoms with Crippen molar-refractivity contribution in [2.24, 2.45) is 0 Å². The third kappa shape index (κ3) is 4.91. The normalized spacial score (nSPS) is 13.8. The van der Waals surface area contributed by atoms with Gasteiger partial charge in [0.2, 0.25) is 17.7 Å². The van der Waals surface area contributed by atoms with E-state index in [1.54, 1.807) is 0 Å². The minimum atomic E-state index is -0.246. The Morgan fingerprint density at radius 2 is 1.81 bits per heavy atom. The van der Waals surface area contributed by atoms with Crippen LogP contribution in [-0.4, -0.2) is 24.3 Å². The van der Waals surface area contributed by atoms with Gasteiger partial charge in [-0.05, 0) is 46.9 Å². The summed E-state index contributed by atoms with van der Waals surface area (Å²) in [6.45, 7) is 1.83. The highest BCUT2D eigenvalue weighted by Gasteiger charge is 2.17.